The van der Waals surface area contributed by atoms with E-state index in [9.17, 15) is 4.79 Å². The van der Waals surface area contributed by atoms with Gasteiger partial charge in [0.15, 0.2) is 0 Å². The summed E-state index contributed by atoms with van der Waals surface area (Å²) in [6.45, 7) is 0.341. The summed E-state index contributed by atoms with van der Waals surface area (Å²) >= 11 is 0. The zero-order chi connectivity index (χ0) is 13.1. The number of aromatic nitrogens is 4. The first kappa shape index (κ1) is 11.3. The van der Waals surface area contributed by atoms with Gasteiger partial charge in [-0.05, 0) is 12.1 Å². The van der Waals surface area contributed by atoms with E-state index < -0.39 is 0 Å². The average Bonchev–Trinajstić information content (AvgIpc) is 2.89. The number of carbonyl (C=O) groups excluding carboxylic acids is 1. The number of imidazole rings is 1. The van der Waals surface area contributed by atoms with Crippen molar-refractivity contribution in [2.45, 2.75) is 6.54 Å². The van der Waals surface area contributed by atoms with E-state index >= 15 is 0 Å². The minimum Gasteiger partial charge on any atom is -0.343 e. The van der Waals surface area contributed by atoms with Crippen molar-refractivity contribution in [3.63, 3.8) is 0 Å². The van der Waals surface area contributed by atoms with Crippen molar-refractivity contribution in [1.29, 1.82) is 0 Å². The molecule has 6 heteroatoms. The van der Waals surface area contributed by atoms with Crippen LogP contribution in [0, 0.1) is 0 Å². The van der Waals surface area contributed by atoms with Gasteiger partial charge in [0.1, 0.15) is 11.5 Å². The van der Waals surface area contributed by atoms with Gasteiger partial charge in [0.2, 0.25) is 0 Å². The molecule has 3 heterocycles. The standard InChI is InChI=1S/C13H11N5O/c19-13(11-8-14-4-5-15-11)17-9-12-16-7-10-3-1-2-6-18(10)12/h1-8H,9H2,(H,17,19). The van der Waals surface area contributed by atoms with Crippen molar-refractivity contribution in [2.75, 3.05) is 0 Å². The molecule has 0 bridgehead atoms. The summed E-state index contributed by atoms with van der Waals surface area (Å²) in [5.74, 6) is 0.508. The lowest BCUT2D eigenvalue weighted by atomic mass is 10.4. The molecule has 0 saturated carbocycles. The molecule has 94 valence electrons. The number of nitrogens with one attached hydrogen (secondary N) is 1. The van der Waals surface area contributed by atoms with Crippen molar-refractivity contribution in [3.8, 4) is 0 Å². The molecule has 3 aromatic rings. The highest BCUT2D eigenvalue weighted by molar-refractivity contribution is 5.91. The van der Waals surface area contributed by atoms with Crippen LogP contribution in [0.25, 0.3) is 5.52 Å². The normalized spacial score (nSPS) is 10.5. The number of hydrogen-bond donors (Lipinski definition) is 1. The third-order valence-corrected chi connectivity index (χ3v) is 2.72. The van der Waals surface area contributed by atoms with Gasteiger partial charge in [-0.1, -0.05) is 6.07 Å². The van der Waals surface area contributed by atoms with Gasteiger partial charge in [0, 0.05) is 18.6 Å². The number of pyridine rings is 1. The van der Waals surface area contributed by atoms with Crippen LogP contribution in [0.1, 0.15) is 16.3 Å². The number of carbonyl (C=O) groups is 1. The van der Waals surface area contributed by atoms with Gasteiger partial charge in [-0.3, -0.25) is 9.78 Å². The lowest BCUT2D eigenvalue weighted by Crippen LogP contribution is -2.24. The van der Waals surface area contributed by atoms with Crippen LogP contribution in [0.2, 0.25) is 0 Å². The molecule has 0 spiro atoms. The first-order chi connectivity index (χ1) is 9.34. The van der Waals surface area contributed by atoms with E-state index in [1.54, 1.807) is 6.20 Å². The van der Waals surface area contributed by atoms with Crippen LogP contribution in [0.15, 0.2) is 49.2 Å². The molecule has 1 N–H and O–H groups in total. The molecule has 0 aliphatic heterocycles. The van der Waals surface area contributed by atoms with E-state index in [4.69, 9.17) is 0 Å². The van der Waals surface area contributed by atoms with Gasteiger partial charge in [-0.2, -0.15) is 0 Å². The molecule has 3 rings (SSSR count). The summed E-state index contributed by atoms with van der Waals surface area (Å²) in [6.07, 6.45) is 8.12. The summed E-state index contributed by atoms with van der Waals surface area (Å²) < 4.78 is 1.93. The summed E-state index contributed by atoms with van der Waals surface area (Å²) in [7, 11) is 0. The summed E-state index contributed by atoms with van der Waals surface area (Å²) in [5.41, 5.74) is 1.29. The van der Waals surface area contributed by atoms with Gasteiger partial charge < -0.3 is 9.72 Å². The summed E-state index contributed by atoms with van der Waals surface area (Å²) in [6, 6.07) is 5.82. The highest BCUT2D eigenvalue weighted by Gasteiger charge is 2.08. The fraction of sp³-hybridized carbons (Fsp3) is 0.0769. The summed E-state index contributed by atoms with van der Waals surface area (Å²) in [5, 5.41) is 2.77. The van der Waals surface area contributed by atoms with Gasteiger partial charge in [0.05, 0.1) is 24.5 Å². The third kappa shape index (κ3) is 2.28. The van der Waals surface area contributed by atoms with Gasteiger partial charge in [0.25, 0.3) is 5.91 Å². The van der Waals surface area contributed by atoms with Crippen molar-refractivity contribution in [2.24, 2.45) is 0 Å². The Morgan fingerprint density at radius 3 is 3.00 bits per heavy atom. The van der Waals surface area contributed by atoms with Gasteiger partial charge >= 0.3 is 0 Å². The van der Waals surface area contributed by atoms with Crippen LogP contribution in [0.4, 0.5) is 0 Å². The lowest BCUT2D eigenvalue weighted by molar-refractivity contribution is 0.0944. The number of nitrogens with zero attached hydrogens (tertiary/aromatic N) is 4. The molecule has 19 heavy (non-hydrogen) atoms. The van der Waals surface area contributed by atoms with Crippen LogP contribution in [0.5, 0.6) is 0 Å². The Bertz CT molecular complexity index is 707. The molecular formula is C13H11N5O. The van der Waals surface area contributed by atoms with Crippen molar-refractivity contribution < 1.29 is 4.79 Å². The topological polar surface area (TPSA) is 72.2 Å². The molecule has 0 aliphatic carbocycles. The maximum absolute atomic E-state index is 11.8. The van der Waals surface area contributed by atoms with Crippen LogP contribution >= 0.6 is 0 Å². The first-order valence-electron chi connectivity index (χ1n) is 5.80. The minimum absolute atomic E-state index is 0.263. The SMILES string of the molecule is O=C(NCc1ncc2ccccn12)c1cnccn1. The Hall–Kier alpha value is -2.76. The maximum Gasteiger partial charge on any atom is 0.271 e. The molecule has 3 aromatic heterocycles. The van der Waals surface area contributed by atoms with E-state index in [0.29, 0.717) is 12.2 Å². The Labute approximate surface area is 109 Å². The second-order valence-corrected chi connectivity index (χ2v) is 3.94. The van der Waals surface area contributed by atoms with E-state index in [1.807, 2.05) is 28.8 Å². The summed E-state index contributed by atoms with van der Waals surface area (Å²) in [4.78, 5) is 23.9. The second-order valence-electron chi connectivity index (χ2n) is 3.94. The monoisotopic (exact) mass is 253 g/mol. The van der Waals surface area contributed by atoms with Crippen LogP contribution in [-0.2, 0) is 6.54 Å². The molecule has 0 aromatic carbocycles. The third-order valence-electron chi connectivity index (χ3n) is 2.72. The fourth-order valence-corrected chi connectivity index (χ4v) is 1.80. The smallest absolute Gasteiger partial charge is 0.271 e. The van der Waals surface area contributed by atoms with Crippen molar-refractivity contribution >= 4 is 11.4 Å². The lowest BCUT2D eigenvalue weighted by Gasteiger charge is -2.03. The Morgan fingerprint density at radius 2 is 2.16 bits per heavy atom. The molecule has 0 atom stereocenters. The number of amides is 1. The predicted octanol–water partition coefficient (Wildman–Crippen LogP) is 1.05. The van der Waals surface area contributed by atoms with E-state index in [-0.39, 0.29) is 5.91 Å². The molecule has 0 fully saturated rings. The average molecular weight is 253 g/mol. The minimum atomic E-state index is -0.263. The molecular weight excluding hydrogens is 242 g/mol. The van der Waals surface area contributed by atoms with Crippen molar-refractivity contribution in [3.05, 3.63) is 60.7 Å². The Kier molecular flexibility index (Phi) is 2.89. The van der Waals surface area contributed by atoms with E-state index in [0.717, 1.165) is 11.3 Å². The number of fused-ring (bicyclic) bond motifs is 1. The van der Waals surface area contributed by atoms with Crippen LogP contribution < -0.4 is 5.32 Å². The van der Waals surface area contributed by atoms with Crippen LogP contribution in [-0.4, -0.2) is 25.3 Å². The Morgan fingerprint density at radius 1 is 1.21 bits per heavy atom. The van der Waals surface area contributed by atoms with Gasteiger partial charge in [-0.25, -0.2) is 9.97 Å². The largest absolute Gasteiger partial charge is 0.343 e. The Balaban J connectivity index is 1.75. The fourth-order valence-electron chi connectivity index (χ4n) is 1.80. The van der Waals surface area contributed by atoms with Gasteiger partial charge in [-0.15, -0.1) is 0 Å². The van der Waals surface area contributed by atoms with E-state index in [2.05, 4.69) is 20.3 Å². The van der Waals surface area contributed by atoms with E-state index in [1.165, 1.54) is 18.6 Å². The molecule has 0 aliphatic rings. The van der Waals surface area contributed by atoms with Crippen LogP contribution in [0.3, 0.4) is 0 Å². The zero-order valence-corrected chi connectivity index (χ0v) is 10.0. The first-order valence-corrected chi connectivity index (χ1v) is 5.80. The molecule has 0 saturated heterocycles. The quantitative estimate of drug-likeness (QED) is 0.757. The second kappa shape index (κ2) is 4.85. The highest BCUT2D eigenvalue weighted by Crippen LogP contribution is 2.05. The van der Waals surface area contributed by atoms with Crippen molar-refractivity contribution in [1.82, 2.24) is 24.7 Å². The molecule has 0 radical (unpaired) electrons. The predicted molar refractivity (Wildman–Crippen MR) is 68.4 cm³/mol. The molecule has 1 amide bonds. The number of hydrogen-bond acceptors (Lipinski definition) is 4. The number of rotatable bonds is 3. The zero-order valence-electron chi connectivity index (χ0n) is 10.0. The maximum atomic E-state index is 11.8. The highest BCUT2D eigenvalue weighted by atomic mass is 16.1. The molecule has 0 unspecified atom stereocenters. The molecule has 6 nitrogen and oxygen atoms in total.